The van der Waals surface area contributed by atoms with E-state index in [0.717, 1.165) is 5.56 Å². The highest BCUT2D eigenvalue weighted by Gasteiger charge is 2.05. The molecule has 1 aromatic rings. The van der Waals surface area contributed by atoms with E-state index in [-0.39, 0.29) is 6.10 Å². The van der Waals surface area contributed by atoms with Crippen molar-refractivity contribution in [1.82, 2.24) is 10.2 Å². The molecule has 0 saturated carbocycles. The highest BCUT2D eigenvalue weighted by molar-refractivity contribution is 6.31. The van der Waals surface area contributed by atoms with Crippen molar-refractivity contribution in [3.63, 3.8) is 0 Å². The molecule has 0 fully saturated rings. The minimum absolute atomic E-state index is 0.324. The third-order valence-corrected chi connectivity index (χ3v) is 2.13. The summed E-state index contributed by atoms with van der Waals surface area (Å²) in [5, 5.41) is 17.0. The van der Waals surface area contributed by atoms with E-state index in [0.29, 0.717) is 23.1 Å². The molecule has 1 aromatic heterocycles. The van der Waals surface area contributed by atoms with Crippen LogP contribution in [0.5, 0.6) is 0 Å². The lowest BCUT2D eigenvalue weighted by Crippen LogP contribution is -2.02. The Morgan fingerprint density at radius 2 is 2.15 bits per heavy atom. The second-order valence-electron chi connectivity index (χ2n) is 2.87. The Labute approximate surface area is 86.7 Å². The van der Waals surface area contributed by atoms with Gasteiger partial charge in [-0.3, -0.25) is 0 Å². The normalized spacial score (nSPS) is 12.9. The molecule has 0 radical (unpaired) electrons. The van der Waals surface area contributed by atoms with Crippen LogP contribution in [0.15, 0.2) is 6.07 Å². The SMILES string of the molecule is CC(O)CCc1cc(Cl)nnc1Cl. The van der Waals surface area contributed by atoms with Gasteiger partial charge in [0, 0.05) is 0 Å². The molecular formula is C8H10Cl2N2O. The van der Waals surface area contributed by atoms with Gasteiger partial charge in [-0.05, 0) is 31.4 Å². The number of aromatic nitrogens is 2. The maximum Gasteiger partial charge on any atom is 0.155 e. The zero-order valence-electron chi connectivity index (χ0n) is 7.17. The van der Waals surface area contributed by atoms with Crippen LogP contribution < -0.4 is 0 Å². The van der Waals surface area contributed by atoms with Gasteiger partial charge in [0.15, 0.2) is 10.3 Å². The first-order valence-electron chi connectivity index (χ1n) is 3.95. The molecule has 0 bridgehead atoms. The van der Waals surface area contributed by atoms with E-state index in [9.17, 15) is 0 Å². The molecule has 0 saturated heterocycles. The molecule has 0 aliphatic rings. The Hall–Kier alpha value is -0.380. The second kappa shape index (κ2) is 4.74. The summed E-state index contributed by atoms with van der Waals surface area (Å²) in [6, 6.07) is 1.67. The largest absolute Gasteiger partial charge is 0.393 e. The van der Waals surface area contributed by atoms with Gasteiger partial charge in [0.2, 0.25) is 0 Å². The van der Waals surface area contributed by atoms with Gasteiger partial charge >= 0.3 is 0 Å². The highest BCUT2D eigenvalue weighted by atomic mass is 35.5. The van der Waals surface area contributed by atoms with Crippen LogP contribution in [0.2, 0.25) is 10.3 Å². The first-order valence-corrected chi connectivity index (χ1v) is 4.71. The van der Waals surface area contributed by atoms with Crippen LogP contribution >= 0.6 is 23.2 Å². The van der Waals surface area contributed by atoms with Crippen molar-refractivity contribution >= 4 is 23.2 Å². The number of aliphatic hydroxyl groups excluding tert-OH is 1. The van der Waals surface area contributed by atoms with E-state index in [2.05, 4.69) is 10.2 Å². The maximum atomic E-state index is 9.06. The summed E-state index contributed by atoms with van der Waals surface area (Å²) in [4.78, 5) is 0. The van der Waals surface area contributed by atoms with Gasteiger partial charge in [0.25, 0.3) is 0 Å². The highest BCUT2D eigenvalue weighted by Crippen LogP contribution is 2.17. The van der Waals surface area contributed by atoms with E-state index < -0.39 is 0 Å². The molecule has 72 valence electrons. The summed E-state index contributed by atoms with van der Waals surface area (Å²) >= 11 is 11.4. The lowest BCUT2D eigenvalue weighted by Gasteiger charge is -2.04. The van der Waals surface area contributed by atoms with Gasteiger partial charge in [0.05, 0.1) is 6.10 Å². The first-order chi connectivity index (χ1) is 6.09. The Kier molecular flexibility index (Phi) is 3.90. The standard InChI is InChI=1S/C8H10Cl2N2O/c1-5(13)2-3-6-4-7(9)11-12-8(6)10/h4-5,13H,2-3H2,1H3. The van der Waals surface area contributed by atoms with E-state index in [4.69, 9.17) is 28.3 Å². The summed E-state index contributed by atoms with van der Waals surface area (Å²) in [5.74, 6) is 0. The third kappa shape index (κ3) is 3.46. The lowest BCUT2D eigenvalue weighted by molar-refractivity contribution is 0.185. The number of hydrogen-bond acceptors (Lipinski definition) is 3. The molecule has 13 heavy (non-hydrogen) atoms. The zero-order valence-corrected chi connectivity index (χ0v) is 8.68. The van der Waals surface area contributed by atoms with Crippen LogP contribution in [0.4, 0.5) is 0 Å². The van der Waals surface area contributed by atoms with Gasteiger partial charge in [-0.1, -0.05) is 23.2 Å². The van der Waals surface area contributed by atoms with E-state index in [1.165, 1.54) is 0 Å². The summed E-state index contributed by atoms with van der Waals surface area (Å²) in [7, 11) is 0. The average molecular weight is 221 g/mol. The summed E-state index contributed by atoms with van der Waals surface area (Å²) in [5.41, 5.74) is 0.822. The number of halogens is 2. The van der Waals surface area contributed by atoms with Crippen LogP contribution in [0.3, 0.4) is 0 Å². The predicted octanol–water partition coefficient (Wildman–Crippen LogP) is 2.10. The van der Waals surface area contributed by atoms with Crippen LogP contribution in [-0.2, 0) is 6.42 Å². The predicted molar refractivity (Wildman–Crippen MR) is 52.1 cm³/mol. The average Bonchev–Trinajstić information content (AvgIpc) is 2.06. The smallest absolute Gasteiger partial charge is 0.155 e. The van der Waals surface area contributed by atoms with Crippen molar-refractivity contribution in [3.8, 4) is 0 Å². The minimum atomic E-state index is -0.344. The number of aryl methyl sites for hydroxylation is 1. The van der Waals surface area contributed by atoms with Crippen molar-refractivity contribution in [3.05, 3.63) is 21.9 Å². The molecule has 0 amide bonds. The Balaban J connectivity index is 2.70. The van der Waals surface area contributed by atoms with E-state index in [1.54, 1.807) is 13.0 Å². The van der Waals surface area contributed by atoms with Gasteiger partial charge in [0.1, 0.15) is 0 Å². The molecule has 1 heterocycles. The first kappa shape index (κ1) is 10.7. The van der Waals surface area contributed by atoms with Crippen molar-refractivity contribution in [2.45, 2.75) is 25.9 Å². The summed E-state index contributed by atoms with van der Waals surface area (Å²) in [6.07, 6.45) is 0.955. The molecule has 1 rings (SSSR count). The fourth-order valence-corrected chi connectivity index (χ4v) is 1.28. The molecule has 1 unspecified atom stereocenters. The number of hydrogen-bond donors (Lipinski definition) is 1. The molecular weight excluding hydrogens is 211 g/mol. The number of aliphatic hydroxyl groups is 1. The molecule has 0 aliphatic heterocycles. The molecule has 1 N–H and O–H groups in total. The second-order valence-corrected chi connectivity index (χ2v) is 3.62. The summed E-state index contributed by atoms with van der Waals surface area (Å²) in [6.45, 7) is 1.73. The van der Waals surface area contributed by atoms with Crippen molar-refractivity contribution < 1.29 is 5.11 Å². The molecule has 0 spiro atoms. The minimum Gasteiger partial charge on any atom is -0.393 e. The van der Waals surface area contributed by atoms with Crippen molar-refractivity contribution in [2.24, 2.45) is 0 Å². The zero-order chi connectivity index (χ0) is 9.84. The monoisotopic (exact) mass is 220 g/mol. The molecule has 5 heteroatoms. The Morgan fingerprint density at radius 1 is 1.46 bits per heavy atom. The number of rotatable bonds is 3. The number of nitrogens with zero attached hydrogens (tertiary/aromatic N) is 2. The molecule has 0 aliphatic carbocycles. The lowest BCUT2D eigenvalue weighted by atomic mass is 10.1. The van der Waals surface area contributed by atoms with Gasteiger partial charge in [-0.15, -0.1) is 10.2 Å². The summed E-state index contributed by atoms with van der Waals surface area (Å²) < 4.78 is 0. The molecule has 3 nitrogen and oxygen atoms in total. The third-order valence-electron chi connectivity index (χ3n) is 1.62. The van der Waals surface area contributed by atoms with Gasteiger partial charge < -0.3 is 5.11 Å². The van der Waals surface area contributed by atoms with Crippen LogP contribution in [0.25, 0.3) is 0 Å². The van der Waals surface area contributed by atoms with E-state index in [1.807, 2.05) is 0 Å². The van der Waals surface area contributed by atoms with Crippen LogP contribution in [-0.4, -0.2) is 21.4 Å². The van der Waals surface area contributed by atoms with Gasteiger partial charge in [-0.25, -0.2) is 0 Å². The van der Waals surface area contributed by atoms with Crippen molar-refractivity contribution in [2.75, 3.05) is 0 Å². The fraction of sp³-hybridized carbons (Fsp3) is 0.500. The molecule has 0 aromatic carbocycles. The van der Waals surface area contributed by atoms with Crippen LogP contribution in [0, 0.1) is 0 Å². The maximum absolute atomic E-state index is 9.06. The molecule has 1 atom stereocenters. The Bertz CT molecular complexity index is 291. The van der Waals surface area contributed by atoms with Crippen LogP contribution in [0.1, 0.15) is 18.9 Å². The fourth-order valence-electron chi connectivity index (χ4n) is 0.928. The van der Waals surface area contributed by atoms with Crippen molar-refractivity contribution in [1.29, 1.82) is 0 Å². The topological polar surface area (TPSA) is 46.0 Å². The quantitative estimate of drug-likeness (QED) is 0.849. The Morgan fingerprint density at radius 3 is 2.77 bits per heavy atom. The van der Waals surface area contributed by atoms with E-state index >= 15 is 0 Å². The van der Waals surface area contributed by atoms with Gasteiger partial charge in [-0.2, -0.15) is 0 Å².